The summed E-state index contributed by atoms with van der Waals surface area (Å²) in [5.41, 5.74) is 0. The van der Waals surface area contributed by atoms with Gasteiger partial charge in [0.25, 0.3) is 0 Å². The number of amidine groups is 1. The Labute approximate surface area is 90.9 Å². The summed E-state index contributed by atoms with van der Waals surface area (Å²) in [6.45, 7) is 2.18. The Morgan fingerprint density at radius 2 is 2.29 bits per heavy atom. The molecule has 0 aromatic carbocycles. The number of rotatable bonds is 2. The monoisotopic (exact) mass is 212 g/mol. The average molecular weight is 212 g/mol. The number of nitrogens with zero attached hydrogens (tertiary/aromatic N) is 1. The van der Waals surface area contributed by atoms with Gasteiger partial charge < -0.3 is 5.32 Å². The lowest BCUT2D eigenvalue weighted by Gasteiger charge is -2.12. The first kappa shape index (κ1) is 10.3. The molecule has 1 saturated heterocycles. The lowest BCUT2D eigenvalue weighted by atomic mass is 10.2. The van der Waals surface area contributed by atoms with Gasteiger partial charge in [-0.25, -0.2) is 0 Å². The highest BCUT2D eigenvalue weighted by Gasteiger charge is 2.15. The first-order valence-electron chi connectivity index (χ1n) is 5.84. The molecule has 14 heavy (non-hydrogen) atoms. The van der Waals surface area contributed by atoms with E-state index in [-0.39, 0.29) is 0 Å². The second kappa shape index (κ2) is 5.64. The van der Waals surface area contributed by atoms with Gasteiger partial charge in [0.05, 0.1) is 5.84 Å². The lowest BCUT2D eigenvalue weighted by Crippen LogP contribution is -2.29. The summed E-state index contributed by atoms with van der Waals surface area (Å²) in [6, 6.07) is 0. The van der Waals surface area contributed by atoms with Crippen molar-refractivity contribution in [1.29, 1.82) is 0 Å². The molecular formula is C11H20N2S. The molecule has 0 aliphatic carbocycles. The Bertz CT molecular complexity index is 197. The topological polar surface area (TPSA) is 24.4 Å². The summed E-state index contributed by atoms with van der Waals surface area (Å²) in [5, 5.41) is 4.38. The van der Waals surface area contributed by atoms with Crippen molar-refractivity contribution in [3.05, 3.63) is 0 Å². The summed E-state index contributed by atoms with van der Waals surface area (Å²) in [5.74, 6) is 2.63. The number of thioether (sulfide) groups is 1. The molecule has 1 unspecified atom stereocenters. The molecule has 0 amide bonds. The van der Waals surface area contributed by atoms with Crippen LogP contribution in [0.3, 0.4) is 0 Å². The zero-order valence-corrected chi connectivity index (χ0v) is 9.61. The summed E-state index contributed by atoms with van der Waals surface area (Å²) >= 11 is 2.12. The maximum absolute atomic E-state index is 4.58. The van der Waals surface area contributed by atoms with Crippen LogP contribution in [0.4, 0.5) is 0 Å². The van der Waals surface area contributed by atoms with Gasteiger partial charge in [0, 0.05) is 24.8 Å². The van der Waals surface area contributed by atoms with Gasteiger partial charge in [0.15, 0.2) is 0 Å². The zero-order chi connectivity index (χ0) is 9.64. The van der Waals surface area contributed by atoms with Crippen molar-refractivity contribution >= 4 is 17.6 Å². The molecule has 2 aliphatic rings. The SMILES string of the molecule is C1CCN=C(NCC2CCCS2)CC1. The van der Waals surface area contributed by atoms with Gasteiger partial charge >= 0.3 is 0 Å². The van der Waals surface area contributed by atoms with E-state index in [1.54, 1.807) is 0 Å². The van der Waals surface area contributed by atoms with E-state index in [1.165, 1.54) is 50.1 Å². The fourth-order valence-corrected chi connectivity index (χ4v) is 3.26. The first-order valence-corrected chi connectivity index (χ1v) is 6.89. The standard InChI is InChI=1S/C11H20N2S/c1-2-6-11(12-7-3-1)13-9-10-5-4-8-14-10/h10H,1-9H2,(H,12,13). The molecule has 80 valence electrons. The molecule has 2 aliphatic heterocycles. The predicted octanol–water partition coefficient (Wildman–Crippen LogP) is 2.44. The molecule has 1 atom stereocenters. The number of hydrogen-bond acceptors (Lipinski definition) is 3. The molecule has 2 rings (SSSR count). The molecule has 0 bridgehead atoms. The van der Waals surface area contributed by atoms with E-state index in [9.17, 15) is 0 Å². The quantitative estimate of drug-likeness (QED) is 0.760. The van der Waals surface area contributed by atoms with Crippen molar-refractivity contribution in [2.75, 3.05) is 18.8 Å². The van der Waals surface area contributed by atoms with Crippen LogP contribution in [0, 0.1) is 0 Å². The second-order valence-electron chi connectivity index (χ2n) is 4.16. The largest absolute Gasteiger partial charge is 0.373 e. The van der Waals surface area contributed by atoms with Crippen molar-refractivity contribution < 1.29 is 0 Å². The van der Waals surface area contributed by atoms with Crippen molar-refractivity contribution in [3.8, 4) is 0 Å². The van der Waals surface area contributed by atoms with Crippen LogP contribution in [0.25, 0.3) is 0 Å². The van der Waals surface area contributed by atoms with Crippen LogP contribution >= 0.6 is 11.8 Å². The predicted molar refractivity (Wildman–Crippen MR) is 64.3 cm³/mol. The molecule has 0 saturated carbocycles. The minimum absolute atomic E-state index is 0.848. The Morgan fingerprint density at radius 3 is 3.14 bits per heavy atom. The molecule has 0 aromatic heterocycles. The van der Waals surface area contributed by atoms with E-state index in [0.717, 1.165) is 18.3 Å². The van der Waals surface area contributed by atoms with E-state index in [4.69, 9.17) is 0 Å². The minimum atomic E-state index is 0.848. The zero-order valence-electron chi connectivity index (χ0n) is 8.80. The Morgan fingerprint density at radius 1 is 1.29 bits per heavy atom. The maximum atomic E-state index is 4.58. The fourth-order valence-electron chi connectivity index (χ4n) is 2.06. The van der Waals surface area contributed by atoms with Crippen LogP contribution in [-0.2, 0) is 0 Å². The van der Waals surface area contributed by atoms with Gasteiger partial charge in [-0.3, -0.25) is 4.99 Å². The highest BCUT2D eigenvalue weighted by Crippen LogP contribution is 2.25. The van der Waals surface area contributed by atoms with Crippen molar-refractivity contribution in [2.45, 2.75) is 43.8 Å². The van der Waals surface area contributed by atoms with Crippen LogP contribution in [0.15, 0.2) is 4.99 Å². The van der Waals surface area contributed by atoms with Crippen molar-refractivity contribution in [2.24, 2.45) is 4.99 Å². The number of aliphatic imine (C=N–C) groups is 1. The fraction of sp³-hybridized carbons (Fsp3) is 0.909. The summed E-state index contributed by atoms with van der Waals surface area (Å²) in [6.07, 6.45) is 7.94. The van der Waals surface area contributed by atoms with Gasteiger partial charge in [-0.05, 0) is 31.4 Å². The third-order valence-corrected chi connectivity index (χ3v) is 4.33. The van der Waals surface area contributed by atoms with Crippen LogP contribution in [-0.4, -0.2) is 29.9 Å². The van der Waals surface area contributed by atoms with Crippen LogP contribution in [0.5, 0.6) is 0 Å². The molecule has 0 spiro atoms. The summed E-state index contributed by atoms with van der Waals surface area (Å²) < 4.78 is 0. The number of nitrogens with one attached hydrogen (secondary N) is 1. The molecule has 2 nitrogen and oxygen atoms in total. The molecule has 1 N–H and O–H groups in total. The molecule has 3 heteroatoms. The third-order valence-electron chi connectivity index (χ3n) is 2.93. The van der Waals surface area contributed by atoms with E-state index in [0.29, 0.717) is 0 Å². The first-order chi connectivity index (χ1) is 6.95. The van der Waals surface area contributed by atoms with Crippen LogP contribution in [0.1, 0.15) is 38.5 Å². The molecule has 1 fully saturated rings. The molecule has 0 aromatic rings. The molecular weight excluding hydrogens is 192 g/mol. The Balaban J connectivity index is 1.70. The molecule has 2 heterocycles. The van der Waals surface area contributed by atoms with Crippen molar-refractivity contribution in [1.82, 2.24) is 5.32 Å². The average Bonchev–Trinajstić information content (AvgIpc) is 2.58. The van der Waals surface area contributed by atoms with Gasteiger partial charge in [-0.1, -0.05) is 6.42 Å². The van der Waals surface area contributed by atoms with E-state index >= 15 is 0 Å². The highest BCUT2D eigenvalue weighted by molar-refractivity contribution is 8.00. The Kier molecular flexibility index (Phi) is 4.17. The van der Waals surface area contributed by atoms with E-state index < -0.39 is 0 Å². The van der Waals surface area contributed by atoms with E-state index in [1.807, 2.05) is 0 Å². The van der Waals surface area contributed by atoms with Crippen molar-refractivity contribution in [3.63, 3.8) is 0 Å². The van der Waals surface area contributed by atoms with Gasteiger partial charge in [0.1, 0.15) is 0 Å². The second-order valence-corrected chi connectivity index (χ2v) is 5.56. The van der Waals surface area contributed by atoms with Gasteiger partial charge in [-0.2, -0.15) is 11.8 Å². The van der Waals surface area contributed by atoms with Gasteiger partial charge in [-0.15, -0.1) is 0 Å². The lowest BCUT2D eigenvalue weighted by molar-refractivity contribution is 0.720. The van der Waals surface area contributed by atoms with E-state index in [2.05, 4.69) is 22.1 Å². The van der Waals surface area contributed by atoms with Crippen LogP contribution in [0.2, 0.25) is 0 Å². The minimum Gasteiger partial charge on any atom is -0.373 e. The Hall–Kier alpha value is -0.180. The third kappa shape index (κ3) is 3.19. The smallest absolute Gasteiger partial charge is 0.0963 e. The summed E-state index contributed by atoms with van der Waals surface area (Å²) in [7, 11) is 0. The van der Waals surface area contributed by atoms with Gasteiger partial charge in [0.2, 0.25) is 0 Å². The summed E-state index contributed by atoms with van der Waals surface area (Å²) in [4.78, 5) is 4.58. The molecule has 0 radical (unpaired) electrons. The normalized spacial score (nSPS) is 28.3. The van der Waals surface area contributed by atoms with Crippen LogP contribution < -0.4 is 5.32 Å². The maximum Gasteiger partial charge on any atom is 0.0963 e. The highest BCUT2D eigenvalue weighted by atomic mass is 32.2. The number of hydrogen-bond donors (Lipinski definition) is 1.